The Balaban J connectivity index is 4.82. The first-order valence-corrected chi connectivity index (χ1v) is 29.0. The number of ether oxygens (including phenoxy) is 3. The number of phosphoric acid groups is 1. The molecule has 0 aliphatic rings. The lowest BCUT2D eigenvalue weighted by Crippen LogP contribution is -2.30. The zero-order valence-corrected chi connectivity index (χ0v) is 45.1. The Hall–Kier alpha value is -3.34. The number of aliphatic hydroxyl groups is 1. The Morgan fingerprint density at radius 3 is 1.29 bits per heavy atom. The smallest absolute Gasteiger partial charge is 0.462 e. The van der Waals surface area contributed by atoms with Crippen molar-refractivity contribution < 1.29 is 52.2 Å². The maximum absolute atomic E-state index is 12.8. The zero-order chi connectivity index (χ0) is 51.3. The molecule has 402 valence electrons. The quantitative estimate of drug-likeness (QED) is 0.0197. The van der Waals surface area contributed by atoms with Crippen LogP contribution in [0, 0.1) is 0 Å². The van der Waals surface area contributed by atoms with Crippen LogP contribution in [0.2, 0.25) is 0 Å². The predicted octanol–water partition coefficient (Wildman–Crippen LogP) is 15.9. The molecule has 0 aliphatic heterocycles. The SMILES string of the molecule is CC/C=C\C/C=C\C/C=C\C/C=C\C/C=C\CC(=O)OC(COC(=O)CCCCCCCCCCC/C=C\C/C=C\CCCCC)COP(=O)(O)OCC(CO)OC(=O)CCCCCCCCCCC. The van der Waals surface area contributed by atoms with E-state index in [-0.39, 0.29) is 25.9 Å². The van der Waals surface area contributed by atoms with Gasteiger partial charge in [-0.1, -0.05) is 215 Å². The van der Waals surface area contributed by atoms with Crippen LogP contribution in [0.4, 0.5) is 0 Å². The Morgan fingerprint density at radius 1 is 0.429 bits per heavy atom. The van der Waals surface area contributed by atoms with Crippen molar-refractivity contribution in [3.05, 3.63) is 85.1 Å². The molecule has 0 heterocycles. The minimum Gasteiger partial charge on any atom is -0.462 e. The largest absolute Gasteiger partial charge is 0.472 e. The molecule has 3 unspecified atom stereocenters. The number of hydrogen-bond acceptors (Lipinski definition) is 10. The van der Waals surface area contributed by atoms with E-state index < -0.39 is 57.8 Å². The van der Waals surface area contributed by atoms with E-state index >= 15 is 0 Å². The first kappa shape index (κ1) is 66.7. The second-order valence-corrected chi connectivity index (χ2v) is 19.5. The van der Waals surface area contributed by atoms with E-state index in [0.717, 1.165) is 77.0 Å². The highest BCUT2D eigenvalue weighted by molar-refractivity contribution is 7.47. The molecule has 70 heavy (non-hydrogen) atoms. The summed E-state index contributed by atoms with van der Waals surface area (Å²) in [6, 6.07) is 0. The predicted molar refractivity (Wildman–Crippen MR) is 288 cm³/mol. The molecule has 0 saturated carbocycles. The monoisotopic (exact) mass is 1000 g/mol. The second-order valence-electron chi connectivity index (χ2n) is 18.0. The second kappa shape index (κ2) is 52.0. The topological polar surface area (TPSA) is 155 Å². The summed E-state index contributed by atoms with van der Waals surface area (Å²) >= 11 is 0. The molecule has 0 rings (SSSR count). The summed E-state index contributed by atoms with van der Waals surface area (Å²) in [6.07, 6.45) is 58.7. The highest BCUT2D eigenvalue weighted by Gasteiger charge is 2.28. The van der Waals surface area contributed by atoms with Crippen LogP contribution in [0.1, 0.15) is 226 Å². The van der Waals surface area contributed by atoms with Gasteiger partial charge in [-0.05, 0) is 77.0 Å². The van der Waals surface area contributed by atoms with Gasteiger partial charge in [0.25, 0.3) is 0 Å². The first-order chi connectivity index (χ1) is 34.2. The molecule has 3 atom stereocenters. The number of rotatable bonds is 50. The fourth-order valence-corrected chi connectivity index (χ4v) is 7.95. The van der Waals surface area contributed by atoms with Crippen LogP contribution in [-0.2, 0) is 42.2 Å². The van der Waals surface area contributed by atoms with Crippen molar-refractivity contribution in [1.82, 2.24) is 0 Å². The van der Waals surface area contributed by atoms with E-state index in [1.165, 1.54) is 89.9 Å². The van der Waals surface area contributed by atoms with Crippen LogP contribution in [0.25, 0.3) is 0 Å². The molecule has 0 saturated heterocycles. The van der Waals surface area contributed by atoms with Gasteiger partial charge in [-0.15, -0.1) is 0 Å². The Labute approximate surface area is 426 Å². The first-order valence-electron chi connectivity index (χ1n) is 27.5. The van der Waals surface area contributed by atoms with Crippen molar-refractivity contribution in [1.29, 1.82) is 0 Å². The molecule has 2 N–H and O–H groups in total. The van der Waals surface area contributed by atoms with Crippen molar-refractivity contribution in [2.45, 2.75) is 238 Å². The van der Waals surface area contributed by atoms with Crippen molar-refractivity contribution in [2.24, 2.45) is 0 Å². The lowest BCUT2D eigenvalue weighted by molar-refractivity contribution is -0.160. The highest BCUT2D eigenvalue weighted by atomic mass is 31.2. The highest BCUT2D eigenvalue weighted by Crippen LogP contribution is 2.43. The average Bonchev–Trinajstić information content (AvgIpc) is 3.35. The maximum Gasteiger partial charge on any atom is 0.472 e. The molecule has 0 aromatic heterocycles. The Bertz CT molecular complexity index is 1500. The number of carbonyl (C=O) groups excluding carboxylic acids is 3. The third kappa shape index (κ3) is 49.6. The van der Waals surface area contributed by atoms with Crippen molar-refractivity contribution >= 4 is 25.7 Å². The molecule has 11 nitrogen and oxygen atoms in total. The van der Waals surface area contributed by atoms with Crippen LogP contribution in [0.3, 0.4) is 0 Å². The molecule has 0 aromatic carbocycles. The van der Waals surface area contributed by atoms with Gasteiger partial charge in [-0.2, -0.15) is 0 Å². The molecular formula is C58H99O11P. The fourth-order valence-electron chi connectivity index (χ4n) is 7.17. The molecule has 0 aliphatic carbocycles. The number of allylic oxidation sites excluding steroid dienone is 13. The van der Waals surface area contributed by atoms with Crippen LogP contribution in [-0.4, -0.2) is 66.5 Å². The van der Waals surface area contributed by atoms with E-state index in [4.69, 9.17) is 23.3 Å². The van der Waals surface area contributed by atoms with Gasteiger partial charge in [0.05, 0.1) is 26.2 Å². The molecule has 0 radical (unpaired) electrons. The molecule has 0 fully saturated rings. The molecular weight excluding hydrogens is 904 g/mol. The molecule has 0 amide bonds. The van der Waals surface area contributed by atoms with Gasteiger partial charge in [-0.25, -0.2) is 4.57 Å². The summed E-state index contributed by atoms with van der Waals surface area (Å²) in [6.45, 7) is 4.36. The van der Waals surface area contributed by atoms with Gasteiger partial charge in [0.15, 0.2) is 6.10 Å². The van der Waals surface area contributed by atoms with Crippen LogP contribution >= 0.6 is 7.82 Å². The standard InChI is InChI=1S/C58H99O11P/c1-4-7-10-13-16-19-21-23-25-26-27-28-30-31-33-36-38-41-44-47-56(60)65-51-55(69-58(62)49-46-43-40-37-34-32-29-24-22-20-17-14-11-8-5-2)53-67-70(63,64)66-52-54(50-59)68-57(61)48-45-42-39-35-18-15-12-9-6-3/h8,11,16-17,19-20,23-25,29,34,37,43,46,54-55,59H,4-7,9-10,12-15,18,21-22,26-28,30-33,35-36,38-42,44-45,47-53H2,1-3H3,(H,63,64)/b11-8-,19-16-,20-17-,25-23-,29-24-,37-34-,46-43-. The van der Waals surface area contributed by atoms with E-state index in [2.05, 4.69) is 81.5 Å². The average molecular weight is 1000 g/mol. The number of phosphoric ester groups is 1. The van der Waals surface area contributed by atoms with Crippen LogP contribution in [0.15, 0.2) is 85.1 Å². The number of unbranched alkanes of at least 4 members (excludes halogenated alkanes) is 20. The minimum absolute atomic E-state index is 0.0669. The fraction of sp³-hybridized carbons (Fsp3) is 0.707. The van der Waals surface area contributed by atoms with Gasteiger partial charge in [-0.3, -0.25) is 23.4 Å². The third-order valence-electron chi connectivity index (χ3n) is 11.3. The Morgan fingerprint density at radius 2 is 0.800 bits per heavy atom. The summed E-state index contributed by atoms with van der Waals surface area (Å²) in [5, 5.41) is 9.75. The van der Waals surface area contributed by atoms with E-state index in [9.17, 15) is 28.9 Å². The van der Waals surface area contributed by atoms with Crippen LogP contribution < -0.4 is 0 Å². The van der Waals surface area contributed by atoms with Gasteiger partial charge < -0.3 is 24.2 Å². The summed E-state index contributed by atoms with van der Waals surface area (Å²) in [4.78, 5) is 48.3. The third-order valence-corrected chi connectivity index (χ3v) is 12.3. The van der Waals surface area contributed by atoms with E-state index in [0.29, 0.717) is 19.3 Å². The number of hydrogen-bond donors (Lipinski definition) is 2. The van der Waals surface area contributed by atoms with E-state index in [1.54, 1.807) is 6.08 Å². The number of aliphatic hydroxyl groups excluding tert-OH is 1. The van der Waals surface area contributed by atoms with Gasteiger partial charge in [0.2, 0.25) is 0 Å². The zero-order valence-electron chi connectivity index (χ0n) is 44.2. The lowest BCUT2D eigenvalue weighted by Gasteiger charge is -2.21. The minimum atomic E-state index is -4.77. The summed E-state index contributed by atoms with van der Waals surface area (Å²) < 4.78 is 39.2. The maximum atomic E-state index is 12.8. The van der Waals surface area contributed by atoms with Crippen molar-refractivity contribution in [3.8, 4) is 0 Å². The molecule has 0 bridgehead atoms. The van der Waals surface area contributed by atoms with Crippen molar-refractivity contribution in [2.75, 3.05) is 26.4 Å². The van der Waals surface area contributed by atoms with E-state index in [1.807, 2.05) is 18.2 Å². The molecule has 0 spiro atoms. The van der Waals surface area contributed by atoms with Gasteiger partial charge in [0, 0.05) is 12.8 Å². The normalized spacial score (nSPS) is 14.1. The van der Waals surface area contributed by atoms with Gasteiger partial charge >= 0.3 is 25.7 Å². The summed E-state index contributed by atoms with van der Waals surface area (Å²) in [5.41, 5.74) is 0. The molecule has 0 aromatic rings. The van der Waals surface area contributed by atoms with Gasteiger partial charge in [0.1, 0.15) is 12.7 Å². The van der Waals surface area contributed by atoms with Crippen LogP contribution in [0.5, 0.6) is 0 Å². The Kier molecular flexibility index (Phi) is 49.5. The van der Waals surface area contributed by atoms with Crippen molar-refractivity contribution in [3.63, 3.8) is 0 Å². The molecule has 12 heteroatoms. The summed E-state index contributed by atoms with van der Waals surface area (Å²) in [7, 11) is -4.77. The lowest BCUT2D eigenvalue weighted by atomic mass is 10.1. The number of esters is 3. The summed E-state index contributed by atoms with van der Waals surface area (Å²) in [5.74, 6) is -1.63. The number of carbonyl (C=O) groups is 3.